The molecule has 19 heavy (non-hydrogen) atoms. The Morgan fingerprint density at radius 1 is 1.00 bits per heavy atom. The van der Waals surface area contributed by atoms with Crippen LogP contribution in [0.2, 0.25) is 0 Å². The third-order valence-corrected chi connectivity index (χ3v) is 5.98. The number of hydrogen-bond donors (Lipinski definition) is 0. The van der Waals surface area contributed by atoms with E-state index in [1.807, 2.05) is 0 Å². The minimum atomic E-state index is 0.751. The monoisotopic (exact) mass is 251 g/mol. The summed E-state index contributed by atoms with van der Waals surface area (Å²) in [5.41, 5.74) is 3.73. The highest BCUT2D eigenvalue weighted by atomic mass is 14.5. The molecule has 4 aliphatic carbocycles. The van der Waals surface area contributed by atoms with Crippen molar-refractivity contribution in [3.63, 3.8) is 0 Å². The van der Waals surface area contributed by atoms with Crippen LogP contribution >= 0.6 is 0 Å². The molecule has 0 aliphatic heterocycles. The van der Waals surface area contributed by atoms with Gasteiger partial charge in [0, 0.05) is 0 Å². The average molecular weight is 251 g/mol. The lowest BCUT2D eigenvalue weighted by Gasteiger charge is -2.48. The van der Waals surface area contributed by atoms with E-state index in [0.717, 1.165) is 29.2 Å². The highest BCUT2D eigenvalue weighted by Crippen LogP contribution is 2.53. The Morgan fingerprint density at radius 2 is 1.89 bits per heavy atom. The SMILES string of the molecule is N#CC1=CC2=CCC3C(CCC4CCCCC43)C2=C1. The Hall–Kier alpha value is -1.29. The first-order valence-corrected chi connectivity index (χ1v) is 7.91. The van der Waals surface area contributed by atoms with Gasteiger partial charge in [-0.15, -0.1) is 0 Å². The van der Waals surface area contributed by atoms with Gasteiger partial charge in [0.05, 0.1) is 11.6 Å². The zero-order valence-electron chi connectivity index (χ0n) is 11.4. The van der Waals surface area contributed by atoms with E-state index < -0.39 is 0 Å². The highest BCUT2D eigenvalue weighted by molar-refractivity contribution is 5.59. The van der Waals surface area contributed by atoms with Crippen LogP contribution in [0.15, 0.2) is 34.9 Å². The summed E-state index contributed by atoms with van der Waals surface area (Å²) in [5.74, 6) is 3.61. The first-order chi connectivity index (χ1) is 9.36. The van der Waals surface area contributed by atoms with E-state index in [1.54, 1.807) is 0 Å². The van der Waals surface area contributed by atoms with Crippen molar-refractivity contribution in [1.82, 2.24) is 0 Å². The van der Waals surface area contributed by atoms with E-state index in [9.17, 15) is 0 Å². The molecule has 2 fully saturated rings. The molecule has 98 valence electrons. The van der Waals surface area contributed by atoms with E-state index in [-0.39, 0.29) is 0 Å². The Labute approximate surface area is 115 Å². The lowest BCUT2D eigenvalue weighted by molar-refractivity contribution is 0.0687. The number of rotatable bonds is 0. The van der Waals surface area contributed by atoms with Gasteiger partial charge in [-0.25, -0.2) is 0 Å². The smallest absolute Gasteiger partial charge is 0.0991 e. The summed E-state index contributed by atoms with van der Waals surface area (Å²) >= 11 is 0. The highest BCUT2D eigenvalue weighted by Gasteiger charge is 2.43. The second-order valence-corrected chi connectivity index (χ2v) is 6.76. The zero-order chi connectivity index (χ0) is 12.8. The van der Waals surface area contributed by atoms with E-state index in [2.05, 4.69) is 24.3 Å². The van der Waals surface area contributed by atoms with E-state index in [1.165, 1.54) is 56.1 Å². The van der Waals surface area contributed by atoms with Crippen LogP contribution in [-0.4, -0.2) is 0 Å². The van der Waals surface area contributed by atoms with E-state index >= 15 is 0 Å². The van der Waals surface area contributed by atoms with Gasteiger partial charge in [0.25, 0.3) is 0 Å². The van der Waals surface area contributed by atoms with Crippen LogP contribution in [0.1, 0.15) is 44.9 Å². The van der Waals surface area contributed by atoms with Gasteiger partial charge in [-0.2, -0.15) is 5.26 Å². The van der Waals surface area contributed by atoms with Crippen molar-refractivity contribution in [2.24, 2.45) is 23.7 Å². The maximum Gasteiger partial charge on any atom is 0.0991 e. The minimum absolute atomic E-state index is 0.751. The first kappa shape index (κ1) is 11.5. The van der Waals surface area contributed by atoms with Crippen molar-refractivity contribution in [1.29, 1.82) is 5.26 Å². The van der Waals surface area contributed by atoms with Gasteiger partial charge >= 0.3 is 0 Å². The molecular formula is C18H21N. The van der Waals surface area contributed by atoms with Crippen molar-refractivity contribution in [2.45, 2.75) is 44.9 Å². The van der Waals surface area contributed by atoms with Crippen LogP contribution in [0, 0.1) is 35.0 Å². The molecule has 4 aliphatic rings. The van der Waals surface area contributed by atoms with Gasteiger partial charge in [-0.1, -0.05) is 25.3 Å². The largest absolute Gasteiger partial charge is 0.192 e. The number of nitriles is 1. The van der Waals surface area contributed by atoms with Crippen LogP contribution < -0.4 is 0 Å². The standard InChI is InChI=1S/C18H21N/c19-11-12-9-14-6-8-16-15-4-2-1-3-13(15)5-7-17(16)18(14)10-12/h6,9-10,13,15-17H,1-5,7-8H2. The van der Waals surface area contributed by atoms with Gasteiger partial charge in [-0.3, -0.25) is 0 Å². The lowest BCUT2D eigenvalue weighted by Crippen LogP contribution is -2.38. The summed E-state index contributed by atoms with van der Waals surface area (Å²) in [5, 5.41) is 9.11. The maximum absolute atomic E-state index is 9.11. The lowest BCUT2D eigenvalue weighted by atomic mass is 9.57. The van der Waals surface area contributed by atoms with Crippen LogP contribution in [0.25, 0.3) is 0 Å². The molecule has 1 nitrogen and oxygen atoms in total. The van der Waals surface area contributed by atoms with Crippen molar-refractivity contribution < 1.29 is 0 Å². The van der Waals surface area contributed by atoms with Crippen LogP contribution in [0.5, 0.6) is 0 Å². The van der Waals surface area contributed by atoms with Crippen molar-refractivity contribution >= 4 is 0 Å². The topological polar surface area (TPSA) is 23.8 Å². The summed E-state index contributed by atoms with van der Waals surface area (Å²) in [6.45, 7) is 0. The Bertz CT molecular complexity index is 528. The normalized spacial score (nSPS) is 40.1. The van der Waals surface area contributed by atoms with Gasteiger partial charge in [0.15, 0.2) is 0 Å². The molecule has 0 aromatic carbocycles. The summed E-state index contributed by atoms with van der Waals surface area (Å²) in [4.78, 5) is 0. The fraction of sp³-hybridized carbons (Fsp3) is 0.611. The molecule has 0 heterocycles. The molecule has 0 aromatic rings. The Morgan fingerprint density at radius 3 is 2.79 bits per heavy atom. The Kier molecular flexibility index (Phi) is 2.65. The summed E-state index contributed by atoms with van der Waals surface area (Å²) in [6.07, 6.45) is 16.6. The minimum Gasteiger partial charge on any atom is -0.192 e. The molecule has 0 saturated heterocycles. The van der Waals surface area contributed by atoms with Crippen LogP contribution in [0.4, 0.5) is 0 Å². The number of allylic oxidation sites excluding steroid dienone is 6. The molecule has 1 heteroatoms. The number of nitrogens with zero attached hydrogens (tertiary/aromatic N) is 1. The maximum atomic E-state index is 9.11. The van der Waals surface area contributed by atoms with Crippen molar-refractivity contribution in [2.75, 3.05) is 0 Å². The summed E-state index contributed by atoms with van der Waals surface area (Å²) < 4.78 is 0. The Balaban J connectivity index is 1.66. The molecule has 2 saturated carbocycles. The van der Waals surface area contributed by atoms with Crippen molar-refractivity contribution in [3.8, 4) is 6.07 Å². The second-order valence-electron chi connectivity index (χ2n) is 6.76. The molecule has 0 bridgehead atoms. The molecule has 0 aromatic heterocycles. The predicted octanol–water partition coefficient (Wildman–Crippen LogP) is 4.54. The van der Waals surface area contributed by atoms with Gasteiger partial charge in [0.1, 0.15) is 0 Å². The summed E-state index contributed by atoms with van der Waals surface area (Å²) in [7, 11) is 0. The molecule has 4 rings (SSSR count). The van der Waals surface area contributed by atoms with Gasteiger partial charge in [0.2, 0.25) is 0 Å². The van der Waals surface area contributed by atoms with Crippen molar-refractivity contribution in [3.05, 3.63) is 34.9 Å². The summed E-state index contributed by atoms with van der Waals surface area (Å²) in [6, 6.07) is 2.32. The molecule has 4 unspecified atom stereocenters. The zero-order valence-corrected chi connectivity index (χ0v) is 11.4. The fourth-order valence-electron chi connectivity index (χ4n) is 5.16. The molecule has 4 atom stereocenters. The average Bonchev–Trinajstić information content (AvgIpc) is 2.90. The van der Waals surface area contributed by atoms with Gasteiger partial charge in [-0.05, 0) is 72.7 Å². The fourth-order valence-corrected chi connectivity index (χ4v) is 5.16. The second kappa shape index (κ2) is 4.37. The third-order valence-electron chi connectivity index (χ3n) is 5.98. The molecular weight excluding hydrogens is 230 g/mol. The molecule has 0 N–H and O–H groups in total. The molecule has 0 radical (unpaired) electrons. The molecule has 0 amide bonds. The van der Waals surface area contributed by atoms with Crippen LogP contribution in [0.3, 0.4) is 0 Å². The third kappa shape index (κ3) is 1.73. The quantitative estimate of drug-likeness (QED) is 0.620. The number of fused-ring (bicyclic) bond motifs is 5. The van der Waals surface area contributed by atoms with Crippen LogP contribution in [-0.2, 0) is 0 Å². The number of hydrogen-bond acceptors (Lipinski definition) is 1. The first-order valence-electron chi connectivity index (χ1n) is 7.91. The van der Waals surface area contributed by atoms with E-state index in [4.69, 9.17) is 5.26 Å². The predicted molar refractivity (Wildman–Crippen MR) is 76.1 cm³/mol. The van der Waals surface area contributed by atoms with E-state index in [0.29, 0.717) is 0 Å². The molecule has 0 spiro atoms. The van der Waals surface area contributed by atoms with Gasteiger partial charge < -0.3 is 0 Å².